The van der Waals surface area contributed by atoms with Crippen LogP contribution in [0.4, 0.5) is 0 Å². The molecule has 0 saturated carbocycles. The number of hydrazone groups is 1. The van der Waals surface area contributed by atoms with Gasteiger partial charge in [0.1, 0.15) is 5.56 Å². The summed E-state index contributed by atoms with van der Waals surface area (Å²) in [5, 5.41) is 22.3. The molecule has 0 radical (unpaired) electrons. The first-order valence-electron chi connectivity index (χ1n) is 6.96. The number of nitrogens with zero attached hydrogens (tertiary/aromatic N) is 2. The SMILES string of the molecule is CC(C)n1cccc(C(=O)N/N=C\c2ccc(O)c(O)c2)c1=O. The number of hydrogen-bond acceptors (Lipinski definition) is 5. The van der Waals surface area contributed by atoms with Gasteiger partial charge in [-0.05, 0) is 49.7 Å². The molecule has 1 amide bonds. The number of pyridine rings is 1. The molecule has 0 bridgehead atoms. The van der Waals surface area contributed by atoms with Gasteiger partial charge < -0.3 is 14.8 Å². The van der Waals surface area contributed by atoms with E-state index < -0.39 is 11.5 Å². The molecule has 2 rings (SSSR count). The molecule has 1 aromatic carbocycles. The zero-order valence-electron chi connectivity index (χ0n) is 12.7. The lowest BCUT2D eigenvalue weighted by atomic mass is 10.2. The highest BCUT2D eigenvalue weighted by Crippen LogP contribution is 2.23. The van der Waals surface area contributed by atoms with E-state index in [1.165, 1.54) is 35.0 Å². The Kier molecular flexibility index (Phi) is 4.80. The van der Waals surface area contributed by atoms with Crippen LogP contribution in [0.15, 0.2) is 46.4 Å². The fraction of sp³-hybridized carbons (Fsp3) is 0.188. The van der Waals surface area contributed by atoms with E-state index in [1.54, 1.807) is 12.3 Å². The highest BCUT2D eigenvalue weighted by molar-refractivity contribution is 5.94. The molecule has 2 aromatic rings. The predicted octanol–water partition coefficient (Wildman–Crippen LogP) is 1.60. The second-order valence-corrected chi connectivity index (χ2v) is 5.18. The maximum Gasteiger partial charge on any atom is 0.276 e. The molecule has 0 atom stereocenters. The molecule has 0 aliphatic carbocycles. The van der Waals surface area contributed by atoms with Gasteiger partial charge in [-0.1, -0.05) is 0 Å². The first-order chi connectivity index (χ1) is 10.9. The van der Waals surface area contributed by atoms with Gasteiger partial charge in [-0.15, -0.1) is 0 Å². The minimum absolute atomic E-state index is 0.00750. The molecule has 1 aromatic heterocycles. The summed E-state index contributed by atoms with van der Waals surface area (Å²) in [5.41, 5.74) is 2.34. The number of benzene rings is 1. The molecule has 23 heavy (non-hydrogen) atoms. The summed E-state index contributed by atoms with van der Waals surface area (Å²) < 4.78 is 1.45. The normalized spacial score (nSPS) is 11.1. The maximum atomic E-state index is 12.2. The molecule has 1 heterocycles. The van der Waals surface area contributed by atoms with Crippen LogP contribution in [-0.4, -0.2) is 26.9 Å². The van der Waals surface area contributed by atoms with Crippen molar-refractivity contribution >= 4 is 12.1 Å². The number of aromatic hydroxyl groups is 2. The van der Waals surface area contributed by atoms with Crippen LogP contribution in [0.2, 0.25) is 0 Å². The third kappa shape index (κ3) is 3.76. The summed E-state index contributed by atoms with van der Waals surface area (Å²) in [6.07, 6.45) is 2.91. The van der Waals surface area contributed by atoms with Crippen molar-refractivity contribution in [2.75, 3.05) is 0 Å². The Morgan fingerprint density at radius 3 is 2.65 bits per heavy atom. The molecule has 120 valence electrons. The monoisotopic (exact) mass is 315 g/mol. The molecule has 0 saturated heterocycles. The molecule has 0 aliphatic heterocycles. The highest BCUT2D eigenvalue weighted by atomic mass is 16.3. The number of phenols is 2. The fourth-order valence-corrected chi connectivity index (χ4v) is 1.94. The molecular formula is C16H17N3O4. The number of rotatable bonds is 4. The Morgan fingerprint density at radius 2 is 2.00 bits per heavy atom. The molecule has 0 spiro atoms. The van der Waals surface area contributed by atoms with Crippen molar-refractivity contribution in [1.29, 1.82) is 0 Å². The molecule has 7 nitrogen and oxygen atoms in total. The number of phenolic OH excluding ortho intramolecular Hbond substituents is 2. The van der Waals surface area contributed by atoms with Crippen molar-refractivity contribution in [3.63, 3.8) is 0 Å². The van der Waals surface area contributed by atoms with Gasteiger partial charge in [0, 0.05) is 12.2 Å². The smallest absolute Gasteiger partial charge is 0.276 e. The average molecular weight is 315 g/mol. The minimum Gasteiger partial charge on any atom is -0.504 e. The van der Waals surface area contributed by atoms with Crippen LogP contribution >= 0.6 is 0 Å². The van der Waals surface area contributed by atoms with E-state index in [-0.39, 0.29) is 23.1 Å². The van der Waals surface area contributed by atoms with Crippen LogP contribution in [0, 0.1) is 0 Å². The lowest BCUT2D eigenvalue weighted by Crippen LogP contribution is -2.31. The van der Waals surface area contributed by atoms with E-state index in [0.29, 0.717) is 5.56 Å². The van der Waals surface area contributed by atoms with Gasteiger partial charge in [-0.25, -0.2) is 5.43 Å². The Morgan fingerprint density at radius 1 is 1.26 bits per heavy atom. The summed E-state index contributed by atoms with van der Waals surface area (Å²) in [6.45, 7) is 3.69. The van der Waals surface area contributed by atoms with Crippen molar-refractivity contribution in [3.05, 3.63) is 58.0 Å². The van der Waals surface area contributed by atoms with Crippen molar-refractivity contribution in [1.82, 2.24) is 9.99 Å². The third-order valence-electron chi connectivity index (χ3n) is 3.15. The summed E-state index contributed by atoms with van der Waals surface area (Å²) in [5.74, 6) is -1.16. The van der Waals surface area contributed by atoms with Gasteiger partial charge in [0.2, 0.25) is 0 Å². The van der Waals surface area contributed by atoms with E-state index in [4.69, 9.17) is 0 Å². The van der Waals surface area contributed by atoms with E-state index in [1.807, 2.05) is 13.8 Å². The Labute approximate surface area is 132 Å². The molecule has 0 fully saturated rings. The quantitative estimate of drug-likeness (QED) is 0.453. The van der Waals surface area contributed by atoms with Gasteiger partial charge in [0.15, 0.2) is 11.5 Å². The van der Waals surface area contributed by atoms with E-state index in [9.17, 15) is 19.8 Å². The number of carbonyl (C=O) groups is 1. The first-order valence-corrected chi connectivity index (χ1v) is 6.96. The van der Waals surface area contributed by atoms with Gasteiger partial charge >= 0.3 is 0 Å². The first kappa shape index (κ1) is 16.3. The summed E-state index contributed by atoms with van der Waals surface area (Å²) in [6, 6.07) is 7.10. The minimum atomic E-state index is -0.621. The predicted molar refractivity (Wildman–Crippen MR) is 85.9 cm³/mol. The summed E-state index contributed by atoms with van der Waals surface area (Å²) in [7, 11) is 0. The van der Waals surface area contributed by atoms with Crippen LogP contribution < -0.4 is 11.0 Å². The Hall–Kier alpha value is -3.09. The van der Waals surface area contributed by atoms with Gasteiger partial charge in [0.05, 0.1) is 6.21 Å². The molecule has 7 heteroatoms. The second-order valence-electron chi connectivity index (χ2n) is 5.18. The summed E-state index contributed by atoms with van der Waals surface area (Å²) in [4.78, 5) is 24.2. The topological polar surface area (TPSA) is 104 Å². The lowest BCUT2D eigenvalue weighted by Gasteiger charge is -2.10. The van der Waals surface area contributed by atoms with Crippen molar-refractivity contribution in [2.45, 2.75) is 19.9 Å². The van der Waals surface area contributed by atoms with Crippen molar-refractivity contribution < 1.29 is 15.0 Å². The number of amides is 1. The number of aromatic nitrogens is 1. The Bertz CT molecular complexity index is 809. The standard InChI is InChI=1S/C16H17N3O4/c1-10(2)19-7-3-4-12(16(19)23)15(22)18-17-9-11-5-6-13(20)14(21)8-11/h3-10,20-21H,1-2H3,(H,18,22)/b17-9-. The lowest BCUT2D eigenvalue weighted by molar-refractivity contribution is 0.0953. The van der Waals surface area contributed by atoms with Gasteiger partial charge in [-0.3, -0.25) is 9.59 Å². The van der Waals surface area contributed by atoms with E-state index in [2.05, 4.69) is 10.5 Å². The second kappa shape index (κ2) is 6.78. The Balaban J connectivity index is 2.14. The highest BCUT2D eigenvalue weighted by Gasteiger charge is 2.12. The fourth-order valence-electron chi connectivity index (χ4n) is 1.94. The van der Waals surface area contributed by atoms with Crippen molar-refractivity contribution in [3.8, 4) is 11.5 Å². The molecule has 0 aliphatic rings. The maximum absolute atomic E-state index is 12.2. The van der Waals surface area contributed by atoms with Crippen LogP contribution in [0.3, 0.4) is 0 Å². The van der Waals surface area contributed by atoms with Gasteiger partial charge in [0.25, 0.3) is 11.5 Å². The van der Waals surface area contributed by atoms with Gasteiger partial charge in [-0.2, -0.15) is 5.10 Å². The molecule has 0 unspecified atom stereocenters. The zero-order chi connectivity index (χ0) is 17.0. The van der Waals surface area contributed by atoms with Crippen LogP contribution in [0.25, 0.3) is 0 Å². The molecular weight excluding hydrogens is 298 g/mol. The number of nitrogens with one attached hydrogen (secondary N) is 1. The van der Waals surface area contributed by atoms with E-state index in [0.717, 1.165) is 0 Å². The number of carbonyl (C=O) groups excluding carboxylic acids is 1. The number of hydrogen-bond donors (Lipinski definition) is 3. The summed E-state index contributed by atoms with van der Waals surface area (Å²) >= 11 is 0. The third-order valence-corrected chi connectivity index (χ3v) is 3.15. The van der Waals surface area contributed by atoms with Crippen LogP contribution in [0.5, 0.6) is 11.5 Å². The average Bonchev–Trinajstić information content (AvgIpc) is 2.50. The van der Waals surface area contributed by atoms with Crippen LogP contribution in [0.1, 0.15) is 35.8 Å². The van der Waals surface area contributed by atoms with Crippen LogP contribution in [-0.2, 0) is 0 Å². The molecule has 3 N–H and O–H groups in total. The van der Waals surface area contributed by atoms with E-state index >= 15 is 0 Å². The zero-order valence-corrected chi connectivity index (χ0v) is 12.7. The van der Waals surface area contributed by atoms with Crippen molar-refractivity contribution in [2.24, 2.45) is 5.10 Å². The largest absolute Gasteiger partial charge is 0.504 e.